The minimum Gasteiger partial charge on any atom is -0.459 e. The Balaban J connectivity index is 3.01. The van der Waals surface area contributed by atoms with Crippen LogP contribution in [0, 0.1) is 0 Å². The maximum Gasteiger partial charge on any atom is 0.356 e. The van der Waals surface area contributed by atoms with Gasteiger partial charge in [-0.3, -0.25) is 9.36 Å². The molecule has 1 amide bonds. The first-order chi connectivity index (χ1) is 8.74. The fraction of sp³-hybridized carbons (Fsp3) is 0.444. The molecular formula is C9H11Cl3NO5P. The maximum absolute atomic E-state index is 12.3. The highest BCUT2D eigenvalue weighted by molar-refractivity contribution is 7.55. The van der Waals surface area contributed by atoms with Crippen LogP contribution in [0.2, 0.25) is 0 Å². The van der Waals surface area contributed by atoms with Crippen LogP contribution in [0.15, 0.2) is 22.8 Å². The van der Waals surface area contributed by atoms with E-state index in [0.717, 1.165) is 14.2 Å². The summed E-state index contributed by atoms with van der Waals surface area (Å²) in [6.07, 6.45) is 1.30. The summed E-state index contributed by atoms with van der Waals surface area (Å²) >= 11 is 17.1. The average Bonchev–Trinajstić information content (AvgIpc) is 2.87. The number of alkyl halides is 3. The molecule has 0 radical (unpaired) electrons. The van der Waals surface area contributed by atoms with Gasteiger partial charge in [0.25, 0.3) is 5.91 Å². The van der Waals surface area contributed by atoms with Crippen molar-refractivity contribution < 1.29 is 22.8 Å². The number of nitrogens with one attached hydrogen (secondary N) is 1. The Morgan fingerprint density at radius 3 is 2.37 bits per heavy atom. The molecule has 0 saturated carbocycles. The predicted octanol–water partition coefficient (Wildman–Crippen LogP) is 3.19. The largest absolute Gasteiger partial charge is 0.459 e. The SMILES string of the molecule is COP(=O)(OC)C(NC(=O)c1ccco1)C(Cl)(Cl)Cl. The predicted molar refractivity (Wildman–Crippen MR) is 71.9 cm³/mol. The fourth-order valence-electron chi connectivity index (χ4n) is 1.23. The monoisotopic (exact) mass is 349 g/mol. The van der Waals surface area contributed by atoms with Crippen LogP contribution >= 0.6 is 42.4 Å². The van der Waals surface area contributed by atoms with E-state index >= 15 is 0 Å². The average molecular weight is 351 g/mol. The Labute approximate surface area is 124 Å². The Bertz CT molecular complexity index is 465. The molecule has 1 aromatic heterocycles. The summed E-state index contributed by atoms with van der Waals surface area (Å²) in [4.78, 5) is 11.8. The van der Waals surface area contributed by atoms with Crippen LogP contribution in [-0.4, -0.2) is 29.7 Å². The van der Waals surface area contributed by atoms with Gasteiger partial charge in [-0.15, -0.1) is 0 Å². The molecule has 1 atom stereocenters. The number of halogens is 3. The van der Waals surface area contributed by atoms with E-state index in [4.69, 9.17) is 48.3 Å². The number of furan rings is 1. The molecule has 1 N–H and O–H groups in total. The van der Waals surface area contributed by atoms with Gasteiger partial charge in [0.05, 0.1) is 6.26 Å². The normalized spacial score (nSPS) is 14.2. The maximum atomic E-state index is 12.3. The molecule has 0 aliphatic carbocycles. The number of hydrogen-bond donors (Lipinski definition) is 1. The van der Waals surface area contributed by atoms with Gasteiger partial charge in [-0.25, -0.2) is 0 Å². The van der Waals surface area contributed by atoms with Crippen LogP contribution in [0.1, 0.15) is 10.6 Å². The van der Waals surface area contributed by atoms with E-state index in [-0.39, 0.29) is 5.76 Å². The highest BCUT2D eigenvalue weighted by Crippen LogP contribution is 2.57. The van der Waals surface area contributed by atoms with E-state index in [1.807, 2.05) is 0 Å². The van der Waals surface area contributed by atoms with E-state index in [2.05, 4.69) is 5.32 Å². The molecule has 0 spiro atoms. The summed E-state index contributed by atoms with van der Waals surface area (Å²) in [5.41, 5.74) is 0. The fourth-order valence-corrected chi connectivity index (χ4v) is 3.67. The first-order valence-corrected chi connectivity index (χ1v) is 7.61. The van der Waals surface area contributed by atoms with E-state index in [0.29, 0.717) is 0 Å². The Morgan fingerprint density at radius 1 is 1.42 bits per heavy atom. The molecule has 0 aliphatic heterocycles. The molecule has 0 aliphatic rings. The number of carbonyl (C=O) groups excluding carboxylic acids is 1. The Kier molecular flexibility index (Phi) is 5.74. The molecule has 1 rings (SSSR count). The summed E-state index contributed by atoms with van der Waals surface area (Å²) in [6.45, 7) is 0. The highest BCUT2D eigenvalue weighted by atomic mass is 35.6. The molecule has 1 aromatic rings. The van der Waals surface area contributed by atoms with Gasteiger partial charge in [0.1, 0.15) is 0 Å². The topological polar surface area (TPSA) is 77.8 Å². The number of amides is 1. The van der Waals surface area contributed by atoms with Gasteiger partial charge in [-0.2, -0.15) is 0 Å². The molecule has 0 fully saturated rings. The van der Waals surface area contributed by atoms with Crippen molar-refractivity contribution in [2.24, 2.45) is 0 Å². The van der Waals surface area contributed by atoms with Crippen molar-refractivity contribution in [3.05, 3.63) is 24.2 Å². The smallest absolute Gasteiger partial charge is 0.356 e. The summed E-state index contributed by atoms with van der Waals surface area (Å²) in [5, 5.41) is 2.26. The van der Waals surface area contributed by atoms with Gasteiger partial charge in [0.15, 0.2) is 11.5 Å². The summed E-state index contributed by atoms with van der Waals surface area (Å²) < 4.78 is 24.5. The summed E-state index contributed by atoms with van der Waals surface area (Å²) in [5.74, 6) is -2.23. The Morgan fingerprint density at radius 2 is 2.00 bits per heavy atom. The van der Waals surface area contributed by atoms with Crippen LogP contribution in [0.4, 0.5) is 0 Å². The van der Waals surface area contributed by atoms with Crippen molar-refractivity contribution in [1.82, 2.24) is 5.32 Å². The van der Waals surface area contributed by atoms with Crippen molar-refractivity contribution in [2.45, 2.75) is 9.58 Å². The van der Waals surface area contributed by atoms with Crippen molar-refractivity contribution in [3.63, 3.8) is 0 Å². The van der Waals surface area contributed by atoms with E-state index in [1.165, 1.54) is 18.4 Å². The van der Waals surface area contributed by atoms with Crippen molar-refractivity contribution in [2.75, 3.05) is 14.2 Å². The van der Waals surface area contributed by atoms with Crippen LogP contribution < -0.4 is 5.32 Å². The molecule has 108 valence electrons. The molecule has 0 aromatic carbocycles. The first kappa shape index (κ1) is 16.8. The minimum absolute atomic E-state index is 0.0296. The van der Waals surface area contributed by atoms with Gasteiger partial charge in [0.2, 0.25) is 3.79 Å². The zero-order chi connectivity index (χ0) is 14.7. The third-order valence-corrected chi connectivity index (χ3v) is 5.43. The molecular weight excluding hydrogens is 339 g/mol. The van der Waals surface area contributed by atoms with Crippen molar-refractivity contribution in [3.8, 4) is 0 Å². The van der Waals surface area contributed by atoms with Gasteiger partial charge in [-0.05, 0) is 12.1 Å². The zero-order valence-corrected chi connectivity index (χ0v) is 13.1. The lowest BCUT2D eigenvalue weighted by Crippen LogP contribution is -2.44. The van der Waals surface area contributed by atoms with Gasteiger partial charge in [-0.1, -0.05) is 34.8 Å². The third kappa shape index (κ3) is 4.12. The quantitative estimate of drug-likeness (QED) is 0.652. The van der Waals surface area contributed by atoms with E-state index < -0.39 is 23.1 Å². The molecule has 10 heteroatoms. The Hall–Kier alpha value is -0.230. The van der Waals surface area contributed by atoms with Crippen LogP contribution in [0.25, 0.3) is 0 Å². The molecule has 0 bridgehead atoms. The summed E-state index contributed by atoms with van der Waals surface area (Å²) in [7, 11) is -1.60. The second kappa shape index (κ2) is 6.48. The first-order valence-electron chi connectivity index (χ1n) is 4.87. The van der Waals surface area contributed by atoms with Gasteiger partial charge >= 0.3 is 7.60 Å². The number of rotatable bonds is 5. The van der Waals surface area contributed by atoms with E-state index in [9.17, 15) is 9.36 Å². The zero-order valence-electron chi connectivity index (χ0n) is 9.93. The lowest BCUT2D eigenvalue weighted by molar-refractivity contribution is 0.0913. The minimum atomic E-state index is -3.84. The van der Waals surface area contributed by atoms with Crippen molar-refractivity contribution >= 4 is 48.3 Å². The number of carbonyl (C=O) groups is 1. The standard InChI is InChI=1S/C9H11Cl3NO5P/c1-16-19(15,17-2)8(9(10,11)12)13-7(14)6-4-3-5-18-6/h3-5,8H,1-2H3,(H,13,14). The second-order valence-electron chi connectivity index (χ2n) is 3.30. The second-order valence-corrected chi connectivity index (χ2v) is 8.00. The number of hydrogen-bond acceptors (Lipinski definition) is 5. The molecule has 0 saturated heterocycles. The highest BCUT2D eigenvalue weighted by Gasteiger charge is 2.49. The molecule has 19 heavy (non-hydrogen) atoms. The lowest BCUT2D eigenvalue weighted by Gasteiger charge is -2.29. The molecule has 1 unspecified atom stereocenters. The van der Waals surface area contributed by atoms with Crippen LogP contribution in [-0.2, 0) is 13.6 Å². The van der Waals surface area contributed by atoms with Crippen molar-refractivity contribution in [1.29, 1.82) is 0 Å². The third-order valence-electron chi connectivity index (χ3n) is 2.15. The molecule has 6 nitrogen and oxygen atoms in total. The van der Waals surface area contributed by atoms with Gasteiger partial charge in [0, 0.05) is 14.2 Å². The van der Waals surface area contributed by atoms with E-state index in [1.54, 1.807) is 0 Å². The van der Waals surface area contributed by atoms with Gasteiger partial charge < -0.3 is 18.8 Å². The summed E-state index contributed by atoms with van der Waals surface area (Å²) in [6, 6.07) is 2.90. The van der Waals surface area contributed by atoms with Crippen LogP contribution in [0.3, 0.4) is 0 Å². The van der Waals surface area contributed by atoms with Crippen LogP contribution in [0.5, 0.6) is 0 Å². The lowest BCUT2D eigenvalue weighted by atomic mass is 10.4. The molecule has 1 heterocycles.